The molecule has 0 heterocycles. The van der Waals surface area contributed by atoms with Crippen LogP contribution in [0.5, 0.6) is 0 Å². The van der Waals surface area contributed by atoms with Gasteiger partial charge in [-0.05, 0) is 12.8 Å². The van der Waals surface area contributed by atoms with Crippen molar-refractivity contribution in [2.75, 3.05) is 13.2 Å². The van der Waals surface area contributed by atoms with E-state index in [9.17, 15) is 9.59 Å². The number of aliphatic hydroxyl groups excluding tert-OH is 2. The normalized spacial score (nSPS) is 11.4. The average Bonchev–Trinajstić information content (AvgIpc) is 3.10. The topological polar surface area (TPSA) is 104 Å². The van der Waals surface area contributed by atoms with Crippen molar-refractivity contribution >= 4 is 35.0 Å². The van der Waals surface area contributed by atoms with Gasteiger partial charge in [0.15, 0.2) is 0 Å². The van der Waals surface area contributed by atoms with Crippen molar-refractivity contribution < 1.29 is 32.5 Å². The van der Waals surface area contributed by atoms with E-state index in [1.807, 2.05) is 0 Å². The Balaban J connectivity index is -0.000000284. The number of rotatable bonds is 39. The first-order valence-corrected chi connectivity index (χ1v) is 21.6. The van der Waals surface area contributed by atoms with Crippen LogP contribution in [0.3, 0.4) is 0 Å². The Morgan fingerprint density at radius 2 is 0.700 bits per heavy atom. The number of esters is 1. The van der Waals surface area contributed by atoms with Crippen molar-refractivity contribution in [3.05, 3.63) is 0 Å². The van der Waals surface area contributed by atoms with Crippen LogP contribution >= 0.6 is 0 Å². The SMILES string of the molecule is CCCCCCCCCCCCCCCCCC(=O)O.CCCCCCCCCCCCCCCCCCCCCC(=O)OCC(O)CO.[H-].[H-].[Mg+2]. The van der Waals surface area contributed by atoms with E-state index in [4.69, 9.17) is 20.1 Å². The Bertz CT molecular complexity index is 659. The molecule has 1 unspecified atom stereocenters. The van der Waals surface area contributed by atoms with Crippen LogP contribution in [0, 0.1) is 0 Å². The molecule has 0 aliphatic heterocycles. The molecule has 50 heavy (non-hydrogen) atoms. The third-order valence-electron chi connectivity index (χ3n) is 9.63. The fourth-order valence-corrected chi connectivity index (χ4v) is 6.31. The van der Waals surface area contributed by atoms with Crippen LogP contribution in [0.4, 0.5) is 0 Å². The molecule has 0 aromatic carbocycles. The van der Waals surface area contributed by atoms with Gasteiger partial charge in [0.1, 0.15) is 12.7 Å². The summed E-state index contributed by atoms with van der Waals surface area (Å²) in [5.74, 6) is -0.927. The summed E-state index contributed by atoms with van der Waals surface area (Å²) in [4.78, 5) is 21.8. The molecular weight excluding hydrogens is 637 g/mol. The predicted octanol–water partition coefficient (Wildman–Crippen LogP) is 12.9. The molecule has 0 fully saturated rings. The van der Waals surface area contributed by atoms with Crippen LogP contribution in [0.25, 0.3) is 0 Å². The van der Waals surface area contributed by atoms with Gasteiger partial charge in [0.2, 0.25) is 0 Å². The smallest absolute Gasteiger partial charge is 1.00 e. The van der Waals surface area contributed by atoms with Gasteiger partial charge in [-0.2, -0.15) is 0 Å². The monoisotopic (exact) mass is 725 g/mol. The van der Waals surface area contributed by atoms with Crippen LogP contribution in [-0.2, 0) is 14.3 Å². The molecule has 0 aromatic heterocycles. The van der Waals surface area contributed by atoms with E-state index < -0.39 is 12.1 Å². The van der Waals surface area contributed by atoms with Gasteiger partial charge in [-0.1, -0.05) is 219 Å². The summed E-state index contributed by atoms with van der Waals surface area (Å²) < 4.78 is 4.88. The first kappa shape index (κ1) is 54.0. The van der Waals surface area contributed by atoms with Crippen molar-refractivity contribution in [2.45, 2.75) is 251 Å². The minimum Gasteiger partial charge on any atom is -1.00 e. The molecule has 0 rings (SSSR count). The molecule has 6 nitrogen and oxygen atoms in total. The molecular formula is C43H88MgO6. The average molecular weight is 725 g/mol. The number of aliphatic hydroxyl groups is 2. The zero-order chi connectivity index (χ0) is 36.3. The summed E-state index contributed by atoms with van der Waals surface area (Å²) >= 11 is 0. The first-order chi connectivity index (χ1) is 24.0. The maximum Gasteiger partial charge on any atom is 2.00 e. The van der Waals surface area contributed by atoms with E-state index in [0.717, 1.165) is 25.7 Å². The van der Waals surface area contributed by atoms with Gasteiger partial charge in [0.25, 0.3) is 0 Å². The molecule has 1 atom stereocenters. The maximum atomic E-state index is 11.4. The van der Waals surface area contributed by atoms with E-state index in [1.165, 1.54) is 193 Å². The minimum atomic E-state index is -0.955. The third-order valence-corrected chi connectivity index (χ3v) is 9.63. The molecule has 0 aliphatic rings. The Kier molecular flexibility index (Phi) is 52.5. The van der Waals surface area contributed by atoms with Gasteiger partial charge >= 0.3 is 35.0 Å². The van der Waals surface area contributed by atoms with E-state index >= 15 is 0 Å². The van der Waals surface area contributed by atoms with E-state index in [2.05, 4.69) is 13.8 Å². The summed E-state index contributed by atoms with van der Waals surface area (Å²) in [5, 5.41) is 26.3. The summed E-state index contributed by atoms with van der Waals surface area (Å²) in [5.41, 5.74) is 0. The van der Waals surface area contributed by atoms with Gasteiger partial charge in [0, 0.05) is 12.8 Å². The quantitative estimate of drug-likeness (QED) is 0.0331. The van der Waals surface area contributed by atoms with Crippen molar-refractivity contribution in [2.24, 2.45) is 0 Å². The van der Waals surface area contributed by atoms with E-state index in [0.29, 0.717) is 12.8 Å². The van der Waals surface area contributed by atoms with E-state index in [1.54, 1.807) is 0 Å². The van der Waals surface area contributed by atoms with Gasteiger partial charge in [-0.25, -0.2) is 0 Å². The van der Waals surface area contributed by atoms with Crippen LogP contribution in [-0.4, -0.2) is 69.6 Å². The van der Waals surface area contributed by atoms with Crippen molar-refractivity contribution in [1.29, 1.82) is 0 Å². The standard InChI is InChI=1S/C25H50O4.C18H36O2.Mg.2H/c1-2-3-4-5-6-7-8-9-10-11-12-13-14-15-16-17-18-19-20-21-25(28)29-23-24(27)22-26;1-2-3-4-5-6-7-8-9-10-11-12-13-14-15-16-17-18(19)20;;;/h24,26-27H,2-23H2,1H3;2-17H2,1H3,(H,19,20);;;/q;;+2;2*-1. The number of carboxylic acid groups (broad SMARTS) is 1. The summed E-state index contributed by atoms with van der Waals surface area (Å²) in [6.45, 7) is 4.08. The van der Waals surface area contributed by atoms with Gasteiger partial charge in [-0.3, -0.25) is 9.59 Å². The number of hydrogen-bond acceptors (Lipinski definition) is 5. The molecule has 0 amide bonds. The Hall–Kier alpha value is -0.374. The molecule has 0 saturated carbocycles. The Morgan fingerprint density at radius 3 is 0.940 bits per heavy atom. The van der Waals surface area contributed by atoms with Crippen LogP contribution < -0.4 is 0 Å². The summed E-state index contributed by atoms with van der Waals surface area (Å²) in [7, 11) is 0. The number of carboxylic acids is 1. The molecule has 0 bridgehead atoms. The van der Waals surface area contributed by atoms with Crippen LogP contribution in [0.15, 0.2) is 0 Å². The van der Waals surface area contributed by atoms with Crippen molar-refractivity contribution in [1.82, 2.24) is 0 Å². The molecule has 0 radical (unpaired) electrons. The van der Waals surface area contributed by atoms with Gasteiger partial charge < -0.3 is 22.9 Å². The van der Waals surface area contributed by atoms with Crippen molar-refractivity contribution in [3.8, 4) is 0 Å². The molecule has 0 aliphatic carbocycles. The molecule has 298 valence electrons. The molecule has 0 saturated heterocycles. The zero-order valence-electron chi connectivity index (χ0n) is 35.7. The van der Waals surface area contributed by atoms with Gasteiger partial charge in [0.05, 0.1) is 6.61 Å². The Labute approximate surface area is 330 Å². The largest absolute Gasteiger partial charge is 2.00 e. The van der Waals surface area contributed by atoms with Crippen LogP contribution in [0.1, 0.15) is 248 Å². The second kappa shape index (κ2) is 48.6. The number of unbranched alkanes of at least 4 members (excludes halogenated alkanes) is 32. The molecule has 0 aromatic rings. The summed E-state index contributed by atoms with van der Waals surface area (Å²) in [6.07, 6.45) is 45.1. The molecule has 3 N–H and O–H groups in total. The third kappa shape index (κ3) is 52.0. The first-order valence-electron chi connectivity index (χ1n) is 21.6. The fraction of sp³-hybridized carbons (Fsp3) is 0.953. The molecule has 0 spiro atoms. The summed E-state index contributed by atoms with van der Waals surface area (Å²) in [6, 6.07) is 0. The minimum absolute atomic E-state index is 0. The van der Waals surface area contributed by atoms with E-state index in [-0.39, 0.29) is 45.1 Å². The zero-order valence-corrected chi connectivity index (χ0v) is 35.1. The predicted molar refractivity (Wildman–Crippen MR) is 217 cm³/mol. The maximum absolute atomic E-state index is 11.4. The second-order valence-corrected chi connectivity index (χ2v) is 14.7. The van der Waals surface area contributed by atoms with Gasteiger partial charge in [-0.15, -0.1) is 0 Å². The van der Waals surface area contributed by atoms with Crippen molar-refractivity contribution in [3.63, 3.8) is 0 Å². The second-order valence-electron chi connectivity index (χ2n) is 14.7. The number of carbonyl (C=O) groups is 2. The van der Waals surface area contributed by atoms with Crippen LogP contribution in [0.2, 0.25) is 0 Å². The Morgan fingerprint density at radius 1 is 0.460 bits per heavy atom. The number of ether oxygens (including phenoxy) is 1. The number of carbonyl (C=O) groups excluding carboxylic acids is 1. The fourth-order valence-electron chi connectivity index (χ4n) is 6.31. The number of hydrogen-bond donors (Lipinski definition) is 3. The molecule has 7 heteroatoms. The number of aliphatic carboxylic acids is 1.